The standard InChI is InChI=1S/C21H28N2/c1-4-14(3)18-12-20-21-17(10-11-23(20)13-15(18)5-2)16-8-6-7-9-19(16)22-21/h4,6-9,15,18,20,22H,5,10-13H2,1-3H3/b14-4-/t15-,18-,20+/m1/s1/i20D. The number of hydrogen-bond donors (Lipinski definition) is 1. The number of nitrogens with zero attached hydrogens (tertiary/aromatic N) is 1. The number of para-hydroxylation sites is 1. The summed E-state index contributed by atoms with van der Waals surface area (Å²) in [6.45, 7) is 8.75. The second kappa shape index (κ2) is 5.83. The van der Waals surface area contributed by atoms with E-state index in [9.17, 15) is 1.37 Å². The van der Waals surface area contributed by atoms with Gasteiger partial charge in [0.15, 0.2) is 0 Å². The molecule has 0 unspecified atom stereocenters. The summed E-state index contributed by atoms with van der Waals surface area (Å²) >= 11 is 0. The van der Waals surface area contributed by atoms with E-state index >= 15 is 0 Å². The number of rotatable bonds is 2. The fraction of sp³-hybridized carbons (Fsp3) is 0.524. The zero-order valence-corrected chi connectivity index (χ0v) is 14.5. The van der Waals surface area contributed by atoms with Crippen LogP contribution in [0.15, 0.2) is 35.9 Å². The fourth-order valence-corrected chi connectivity index (χ4v) is 4.62. The lowest BCUT2D eigenvalue weighted by Gasteiger charge is -2.46. The first-order valence-corrected chi connectivity index (χ1v) is 9.06. The average molecular weight is 309 g/mol. The van der Waals surface area contributed by atoms with Gasteiger partial charge in [0.25, 0.3) is 0 Å². The minimum Gasteiger partial charge on any atom is -0.357 e. The molecule has 0 saturated carbocycles. The van der Waals surface area contributed by atoms with Gasteiger partial charge in [-0.25, -0.2) is 0 Å². The van der Waals surface area contributed by atoms with E-state index in [0.717, 1.165) is 31.6 Å². The van der Waals surface area contributed by atoms with Gasteiger partial charge < -0.3 is 4.98 Å². The van der Waals surface area contributed by atoms with Crippen molar-refractivity contribution in [2.75, 3.05) is 13.1 Å². The molecule has 1 aromatic heterocycles. The molecule has 2 nitrogen and oxygen atoms in total. The molecule has 0 aliphatic carbocycles. The number of benzene rings is 1. The third kappa shape index (κ3) is 2.35. The first-order chi connectivity index (χ1) is 11.6. The Morgan fingerprint density at radius 2 is 2.26 bits per heavy atom. The van der Waals surface area contributed by atoms with Crippen LogP contribution < -0.4 is 0 Å². The van der Waals surface area contributed by atoms with Crippen molar-refractivity contribution in [1.29, 1.82) is 0 Å². The number of fused-ring (bicyclic) bond motifs is 5. The lowest BCUT2D eigenvalue weighted by molar-refractivity contribution is 0.0637. The first-order valence-electron chi connectivity index (χ1n) is 9.56. The third-order valence-corrected chi connectivity index (χ3v) is 6.12. The van der Waals surface area contributed by atoms with E-state index in [-0.39, 0.29) is 0 Å². The molecule has 23 heavy (non-hydrogen) atoms. The predicted octanol–water partition coefficient (Wildman–Crippen LogP) is 5.08. The number of allylic oxidation sites excluding steroid dienone is 2. The third-order valence-electron chi connectivity index (χ3n) is 6.12. The van der Waals surface area contributed by atoms with Crippen LogP contribution in [-0.2, 0) is 6.42 Å². The monoisotopic (exact) mass is 309 g/mol. The molecule has 1 fully saturated rings. The maximum Gasteiger partial charge on any atom is 0.0534 e. The van der Waals surface area contributed by atoms with Crippen LogP contribution in [0.4, 0.5) is 0 Å². The lowest BCUT2D eigenvalue weighted by atomic mass is 9.74. The topological polar surface area (TPSA) is 19.0 Å². The van der Waals surface area contributed by atoms with Gasteiger partial charge in [0, 0.05) is 29.7 Å². The Hall–Kier alpha value is -1.54. The summed E-state index contributed by atoms with van der Waals surface area (Å²) in [6, 6.07) is 7.94. The van der Waals surface area contributed by atoms with Gasteiger partial charge in [-0.3, -0.25) is 4.90 Å². The predicted molar refractivity (Wildman–Crippen MR) is 97.6 cm³/mol. The van der Waals surface area contributed by atoms with E-state index in [0.29, 0.717) is 11.8 Å². The molecule has 2 aliphatic heterocycles. The summed E-state index contributed by atoms with van der Waals surface area (Å²) in [7, 11) is 0. The molecule has 3 heterocycles. The highest BCUT2D eigenvalue weighted by Crippen LogP contribution is 2.45. The molecule has 1 aromatic carbocycles. The van der Waals surface area contributed by atoms with E-state index in [1.54, 1.807) is 0 Å². The number of piperidine rings is 1. The van der Waals surface area contributed by atoms with Crippen molar-refractivity contribution in [2.45, 2.75) is 46.1 Å². The minimum atomic E-state index is -0.604. The van der Waals surface area contributed by atoms with Gasteiger partial charge in [-0.2, -0.15) is 0 Å². The molecule has 2 aliphatic rings. The van der Waals surface area contributed by atoms with E-state index in [1.807, 2.05) is 0 Å². The van der Waals surface area contributed by atoms with Gasteiger partial charge in [-0.1, -0.05) is 43.2 Å². The second-order valence-corrected chi connectivity index (χ2v) is 7.18. The van der Waals surface area contributed by atoms with Crippen LogP contribution in [0.3, 0.4) is 0 Å². The number of aromatic amines is 1. The van der Waals surface area contributed by atoms with E-state index in [2.05, 4.69) is 61.0 Å². The van der Waals surface area contributed by atoms with Crippen LogP contribution in [0.25, 0.3) is 10.9 Å². The Kier molecular flexibility index (Phi) is 3.51. The summed E-state index contributed by atoms with van der Waals surface area (Å²) in [4.78, 5) is 6.05. The van der Waals surface area contributed by atoms with Crippen molar-refractivity contribution in [3.63, 3.8) is 0 Å². The first kappa shape index (κ1) is 13.9. The summed E-state index contributed by atoms with van der Waals surface area (Å²) in [5.74, 6) is 1.19. The molecule has 0 spiro atoms. The highest BCUT2D eigenvalue weighted by atomic mass is 15.2. The van der Waals surface area contributed by atoms with Gasteiger partial charge in [0.2, 0.25) is 0 Å². The normalized spacial score (nSPS) is 32.5. The molecule has 1 N–H and O–H groups in total. The molecule has 0 radical (unpaired) electrons. The average Bonchev–Trinajstić information content (AvgIpc) is 3.00. The fourth-order valence-electron chi connectivity index (χ4n) is 4.62. The van der Waals surface area contributed by atoms with Gasteiger partial charge in [-0.05, 0) is 50.2 Å². The highest BCUT2D eigenvalue weighted by molar-refractivity contribution is 5.85. The van der Waals surface area contributed by atoms with E-state index in [1.165, 1.54) is 28.5 Å². The largest absolute Gasteiger partial charge is 0.357 e. The Morgan fingerprint density at radius 3 is 3.04 bits per heavy atom. The van der Waals surface area contributed by atoms with Gasteiger partial charge in [0.05, 0.1) is 7.39 Å². The van der Waals surface area contributed by atoms with Crippen LogP contribution in [0, 0.1) is 11.8 Å². The maximum atomic E-state index is 9.42. The molecule has 1 saturated heterocycles. The number of aromatic nitrogens is 1. The van der Waals surface area contributed by atoms with Crippen molar-refractivity contribution < 1.29 is 1.37 Å². The lowest BCUT2D eigenvalue weighted by Crippen LogP contribution is -2.46. The Labute approximate surface area is 141 Å². The van der Waals surface area contributed by atoms with Crippen LogP contribution >= 0.6 is 0 Å². The summed E-state index contributed by atoms with van der Waals surface area (Å²) in [6.07, 6.45) is 5.41. The van der Waals surface area contributed by atoms with Gasteiger partial charge in [0.1, 0.15) is 0 Å². The van der Waals surface area contributed by atoms with Crippen molar-refractivity contribution in [3.8, 4) is 0 Å². The number of nitrogens with one attached hydrogen (secondary N) is 1. The quantitative estimate of drug-likeness (QED) is 0.767. The van der Waals surface area contributed by atoms with E-state index in [4.69, 9.17) is 0 Å². The Balaban J connectivity index is 1.82. The molecule has 122 valence electrons. The van der Waals surface area contributed by atoms with Crippen molar-refractivity contribution in [2.24, 2.45) is 11.8 Å². The maximum absolute atomic E-state index is 9.42. The number of hydrogen-bond acceptors (Lipinski definition) is 1. The Morgan fingerprint density at radius 1 is 1.43 bits per heavy atom. The zero-order chi connectivity index (χ0) is 16.9. The zero-order valence-electron chi connectivity index (χ0n) is 15.5. The molecule has 2 heteroatoms. The minimum absolute atomic E-state index is 0.520. The van der Waals surface area contributed by atoms with Crippen LogP contribution in [0.2, 0.25) is 0 Å². The molecule has 3 atom stereocenters. The molecule has 0 bridgehead atoms. The second-order valence-electron chi connectivity index (χ2n) is 7.18. The SMILES string of the molecule is [2H][C@@]12C[C@H](/C(C)=C\C)[C@H](CC)CN1CCc1c2[nH]c2ccccc12. The summed E-state index contributed by atoms with van der Waals surface area (Å²) in [5, 5.41) is 1.32. The van der Waals surface area contributed by atoms with E-state index < -0.39 is 6.02 Å². The van der Waals surface area contributed by atoms with Crippen LogP contribution in [0.5, 0.6) is 0 Å². The Bertz CT molecular complexity index is 790. The highest BCUT2D eigenvalue weighted by Gasteiger charge is 2.39. The van der Waals surface area contributed by atoms with Crippen molar-refractivity contribution in [3.05, 3.63) is 47.2 Å². The molecule has 4 rings (SSSR count). The summed E-state index contributed by atoms with van der Waals surface area (Å²) < 4.78 is 9.42. The van der Waals surface area contributed by atoms with Crippen molar-refractivity contribution >= 4 is 10.9 Å². The molecule has 2 aromatic rings. The van der Waals surface area contributed by atoms with Crippen molar-refractivity contribution in [1.82, 2.24) is 9.88 Å². The molecular weight excluding hydrogens is 280 g/mol. The smallest absolute Gasteiger partial charge is 0.0534 e. The summed E-state index contributed by atoms with van der Waals surface area (Å²) in [5.41, 5.74) is 5.17. The van der Waals surface area contributed by atoms with Crippen LogP contribution in [0.1, 0.15) is 52.3 Å². The van der Waals surface area contributed by atoms with Gasteiger partial charge in [-0.15, -0.1) is 0 Å². The number of H-pyrrole nitrogens is 1. The van der Waals surface area contributed by atoms with Gasteiger partial charge >= 0.3 is 0 Å². The molecular formula is C21H28N2. The molecule has 0 amide bonds. The van der Waals surface area contributed by atoms with Crippen LogP contribution in [-0.4, -0.2) is 23.0 Å².